The second-order valence-corrected chi connectivity index (χ2v) is 7.40. The Morgan fingerprint density at radius 1 is 1.42 bits per heavy atom. The third kappa shape index (κ3) is 3.87. The van der Waals surface area contributed by atoms with Crippen LogP contribution in [0.3, 0.4) is 0 Å². The molecule has 2 aromatic rings. The molecule has 6 nitrogen and oxygen atoms in total. The van der Waals surface area contributed by atoms with Gasteiger partial charge in [0.15, 0.2) is 0 Å². The van der Waals surface area contributed by atoms with Crippen LogP contribution in [-0.4, -0.2) is 28.3 Å². The maximum absolute atomic E-state index is 12.7. The average Bonchev–Trinajstić information content (AvgIpc) is 3.05. The van der Waals surface area contributed by atoms with E-state index in [1.807, 2.05) is 20.8 Å². The Labute approximate surface area is 153 Å². The molecule has 1 unspecified atom stereocenters. The van der Waals surface area contributed by atoms with E-state index in [0.717, 1.165) is 14.9 Å². The van der Waals surface area contributed by atoms with E-state index >= 15 is 0 Å². The number of hydrogen-bond acceptors (Lipinski definition) is 5. The monoisotopic (exact) mass is 413 g/mol. The summed E-state index contributed by atoms with van der Waals surface area (Å²) < 4.78 is 7.53. The summed E-state index contributed by atoms with van der Waals surface area (Å²) in [5.41, 5.74) is 1.27. The van der Waals surface area contributed by atoms with Crippen molar-refractivity contribution < 1.29 is 14.3 Å². The van der Waals surface area contributed by atoms with Crippen LogP contribution in [0.25, 0.3) is 0 Å². The quantitative estimate of drug-likeness (QED) is 0.723. The first-order valence-electron chi connectivity index (χ1n) is 7.66. The molecule has 0 fully saturated rings. The molecule has 2 aromatic heterocycles. The van der Waals surface area contributed by atoms with Crippen LogP contribution < -0.4 is 5.32 Å². The zero-order valence-corrected chi connectivity index (χ0v) is 16.5. The molecule has 0 aliphatic heterocycles. The number of thiophene rings is 1. The highest BCUT2D eigenvalue weighted by molar-refractivity contribution is 9.10. The van der Waals surface area contributed by atoms with Gasteiger partial charge in [-0.1, -0.05) is 6.92 Å². The fourth-order valence-corrected chi connectivity index (χ4v) is 3.69. The number of rotatable bonds is 6. The van der Waals surface area contributed by atoms with E-state index in [-0.39, 0.29) is 5.91 Å². The number of esters is 1. The summed E-state index contributed by atoms with van der Waals surface area (Å²) in [6, 6.07) is -0.450. The molecule has 0 aromatic carbocycles. The van der Waals surface area contributed by atoms with Crippen LogP contribution in [0.4, 0.5) is 5.00 Å². The number of amides is 1. The number of hydrogen-bond donors (Lipinski definition) is 1. The fourth-order valence-electron chi connectivity index (χ4n) is 2.34. The number of carbonyl (C=O) groups excluding carboxylic acids is 2. The molecule has 1 N–H and O–H groups in total. The molecular weight excluding hydrogens is 394 g/mol. The third-order valence-electron chi connectivity index (χ3n) is 3.68. The minimum Gasteiger partial charge on any atom is -0.462 e. The van der Waals surface area contributed by atoms with Gasteiger partial charge in [0.1, 0.15) is 11.0 Å². The lowest BCUT2D eigenvalue weighted by Gasteiger charge is -2.15. The van der Waals surface area contributed by atoms with Crippen LogP contribution in [0.15, 0.2) is 16.9 Å². The molecule has 1 atom stereocenters. The molecule has 2 heterocycles. The third-order valence-corrected chi connectivity index (χ3v) is 5.21. The van der Waals surface area contributed by atoms with E-state index in [0.29, 0.717) is 23.6 Å². The lowest BCUT2D eigenvalue weighted by Crippen LogP contribution is -2.26. The van der Waals surface area contributed by atoms with Crippen LogP contribution in [0.5, 0.6) is 0 Å². The second kappa shape index (κ2) is 7.94. The first kappa shape index (κ1) is 18.7. The summed E-state index contributed by atoms with van der Waals surface area (Å²) in [6.45, 7) is 7.74. The molecule has 0 spiro atoms. The number of anilines is 1. The van der Waals surface area contributed by atoms with Crippen molar-refractivity contribution in [3.63, 3.8) is 0 Å². The van der Waals surface area contributed by atoms with Crippen molar-refractivity contribution in [2.45, 2.75) is 40.2 Å². The first-order chi connectivity index (χ1) is 11.4. The van der Waals surface area contributed by atoms with Gasteiger partial charge >= 0.3 is 5.97 Å². The highest BCUT2D eigenvalue weighted by Gasteiger charge is 2.25. The summed E-state index contributed by atoms with van der Waals surface area (Å²) in [6.07, 6.45) is 3.97. The van der Waals surface area contributed by atoms with Gasteiger partial charge in [0.05, 0.1) is 22.8 Å². The van der Waals surface area contributed by atoms with E-state index in [1.165, 1.54) is 11.3 Å². The smallest absolute Gasteiger partial charge is 0.341 e. The number of aromatic nitrogens is 2. The van der Waals surface area contributed by atoms with Gasteiger partial charge in [0.2, 0.25) is 5.91 Å². The van der Waals surface area contributed by atoms with Crippen molar-refractivity contribution in [2.24, 2.45) is 0 Å². The van der Waals surface area contributed by atoms with Crippen molar-refractivity contribution >= 4 is 44.1 Å². The summed E-state index contributed by atoms with van der Waals surface area (Å²) in [4.78, 5) is 25.9. The summed E-state index contributed by atoms with van der Waals surface area (Å²) in [7, 11) is 0. The minimum absolute atomic E-state index is 0.208. The highest BCUT2D eigenvalue weighted by atomic mass is 79.9. The van der Waals surface area contributed by atoms with Crippen LogP contribution in [-0.2, 0) is 9.53 Å². The van der Waals surface area contributed by atoms with E-state index in [9.17, 15) is 9.59 Å². The lowest BCUT2D eigenvalue weighted by atomic mass is 10.1. The molecule has 8 heteroatoms. The highest BCUT2D eigenvalue weighted by Crippen LogP contribution is 2.33. The maximum atomic E-state index is 12.7. The van der Waals surface area contributed by atoms with Crippen molar-refractivity contribution in [3.05, 3.63) is 32.9 Å². The molecular formula is C16H20BrN3O3S. The van der Waals surface area contributed by atoms with Gasteiger partial charge in [-0.3, -0.25) is 9.48 Å². The Morgan fingerprint density at radius 3 is 2.67 bits per heavy atom. The van der Waals surface area contributed by atoms with Crippen molar-refractivity contribution in [1.82, 2.24) is 9.78 Å². The predicted molar refractivity (Wildman–Crippen MR) is 97.6 cm³/mol. The number of nitrogens with zero attached hydrogens (tertiary/aromatic N) is 2. The van der Waals surface area contributed by atoms with Gasteiger partial charge in [0, 0.05) is 11.1 Å². The van der Waals surface area contributed by atoms with Gasteiger partial charge in [-0.25, -0.2) is 4.79 Å². The predicted octanol–water partition coefficient (Wildman–Crippen LogP) is 4.09. The Bertz CT molecular complexity index is 754. The number of ether oxygens (including phenoxy) is 1. The molecule has 0 radical (unpaired) electrons. The van der Waals surface area contributed by atoms with Crippen molar-refractivity contribution in [2.75, 3.05) is 11.9 Å². The number of aryl methyl sites for hydroxylation is 1. The zero-order valence-electron chi connectivity index (χ0n) is 14.1. The van der Waals surface area contributed by atoms with Gasteiger partial charge in [0.25, 0.3) is 0 Å². The van der Waals surface area contributed by atoms with E-state index in [4.69, 9.17) is 4.74 Å². The average molecular weight is 414 g/mol. The number of nitrogens with one attached hydrogen (secondary N) is 1. The maximum Gasteiger partial charge on any atom is 0.341 e. The Hall–Kier alpha value is -1.67. The van der Waals surface area contributed by atoms with Crippen LogP contribution >= 0.6 is 27.3 Å². The van der Waals surface area contributed by atoms with E-state index in [2.05, 4.69) is 26.3 Å². The largest absolute Gasteiger partial charge is 0.462 e. The fraction of sp³-hybridized carbons (Fsp3) is 0.438. The topological polar surface area (TPSA) is 73.2 Å². The molecule has 130 valence electrons. The molecule has 0 saturated carbocycles. The molecule has 0 saturated heterocycles. The normalized spacial score (nSPS) is 12.0. The Morgan fingerprint density at radius 2 is 2.12 bits per heavy atom. The summed E-state index contributed by atoms with van der Waals surface area (Å²) in [5, 5.41) is 7.58. The van der Waals surface area contributed by atoms with Crippen LogP contribution in [0.1, 0.15) is 47.1 Å². The van der Waals surface area contributed by atoms with Crippen molar-refractivity contribution in [1.29, 1.82) is 0 Å². The standard InChI is InChI=1S/C16H20BrN3O3S/c1-5-12(20-8-11(17)7-18-20)14(21)19-15-13(16(22)23-6-2)9(3)10(4)24-15/h7-8,12H,5-6H2,1-4H3,(H,19,21). The number of carbonyl (C=O) groups is 2. The Balaban J connectivity index is 2.28. The zero-order chi connectivity index (χ0) is 17.9. The van der Waals surface area contributed by atoms with E-state index < -0.39 is 12.0 Å². The molecule has 1 amide bonds. The SMILES string of the molecule is CCOC(=O)c1c(NC(=O)C(CC)n2cc(Br)cn2)sc(C)c1C. The molecule has 0 aliphatic rings. The van der Waals surface area contributed by atoms with Crippen molar-refractivity contribution in [3.8, 4) is 0 Å². The molecule has 0 bridgehead atoms. The van der Waals surface area contributed by atoms with Gasteiger partial charge in [-0.15, -0.1) is 11.3 Å². The summed E-state index contributed by atoms with van der Waals surface area (Å²) in [5.74, 6) is -0.621. The lowest BCUT2D eigenvalue weighted by molar-refractivity contribution is -0.119. The van der Waals surface area contributed by atoms with Gasteiger partial charge in [-0.2, -0.15) is 5.10 Å². The van der Waals surface area contributed by atoms with Gasteiger partial charge in [-0.05, 0) is 48.7 Å². The van der Waals surface area contributed by atoms with Crippen LogP contribution in [0.2, 0.25) is 0 Å². The molecule has 0 aliphatic carbocycles. The molecule has 24 heavy (non-hydrogen) atoms. The molecule has 2 rings (SSSR count). The summed E-state index contributed by atoms with van der Waals surface area (Å²) >= 11 is 4.71. The first-order valence-corrected chi connectivity index (χ1v) is 9.27. The van der Waals surface area contributed by atoms with Crippen LogP contribution in [0, 0.1) is 13.8 Å². The minimum atomic E-state index is -0.450. The second-order valence-electron chi connectivity index (χ2n) is 5.26. The van der Waals surface area contributed by atoms with E-state index in [1.54, 1.807) is 24.0 Å². The van der Waals surface area contributed by atoms with Gasteiger partial charge < -0.3 is 10.1 Å². The Kier molecular flexibility index (Phi) is 6.17. The number of halogens is 1.